The van der Waals surface area contributed by atoms with Crippen LogP contribution in [0.3, 0.4) is 0 Å². The number of nitrogens with one attached hydrogen (secondary N) is 1. The van der Waals surface area contributed by atoms with E-state index >= 15 is 0 Å². The maximum atomic E-state index is 12.7. The number of hydrogen-bond donors (Lipinski definition) is 1. The Labute approximate surface area is 128 Å². The highest BCUT2D eigenvalue weighted by Gasteiger charge is 2.37. The van der Waals surface area contributed by atoms with Crippen LogP contribution in [-0.4, -0.2) is 12.5 Å². The maximum Gasteiger partial charge on any atom is 0.416 e. The zero-order valence-corrected chi connectivity index (χ0v) is 12.0. The van der Waals surface area contributed by atoms with Gasteiger partial charge in [0, 0.05) is 12.1 Å². The van der Waals surface area contributed by atoms with Crippen LogP contribution in [0.15, 0.2) is 18.2 Å². The number of alkyl halides is 6. The van der Waals surface area contributed by atoms with Crippen molar-refractivity contribution < 1.29 is 31.1 Å². The Morgan fingerprint density at radius 2 is 1.43 bits per heavy atom. The van der Waals surface area contributed by atoms with Gasteiger partial charge in [-0.25, -0.2) is 0 Å². The van der Waals surface area contributed by atoms with Crippen molar-refractivity contribution in [1.82, 2.24) is 5.32 Å². The van der Waals surface area contributed by atoms with Crippen molar-refractivity contribution in [3.05, 3.63) is 34.9 Å². The normalized spacial score (nSPS) is 16.6. The van der Waals surface area contributed by atoms with Gasteiger partial charge >= 0.3 is 12.4 Å². The van der Waals surface area contributed by atoms with Gasteiger partial charge < -0.3 is 5.32 Å². The topological polar surface area (TPSA) is 29.1 Å². The van der Waals surface area contributed by atoms with E-state index in [1.165, 1.54) is 0 Å². The van der Waals surface area contributed by atoms with Crippen molar-refractivity contribution >= 4 is 5.91 Å². The molecular formula is C15H15F6NO. The third-order valence-electron chi connectivity index (χ3n) is 3.88. The average Bonchev–Trinajstić information content (AvgIpc) is 2.95. The van der Waals surface area contributed by atoms with Crippen LogP contribution in [0.1, 0.15) is 47.2 Å². The Morgan fingerprint density at radius 1 is 0.957 bits per heavy atom. The number of carbonyl (C=O) groups excluding carboxylic acids is 1. The second-order valence-electron chi connectivity index (χ2n) is 5.66. The third-order valence-corrected chi connectivity index (χ3v) is 3.88. The number of hydrogen-bond acceptors (Lipinski definition) is 1. The lowest BCUT2D eigenvalue weighted by Gasteiger charge is -2.15. The molecule has 0 aromatic heterocycles. The van der Waals surface area contributed by atoms with Crippen LogP contribution in [-0.2, 0) is 12.4 Å². The minimum Gasteiger partial charge on any atom is -0.352 e. The maximum absolute atomic E-state index is 12.7. The number of benzene rings is 1. The van der Waals surface area contributed by atoms with E-state index in [4.69, 9.17) is 0 Å². The molecule has 0 bridgehead atoms. The monoisotopic (exact) mass is 339 g/mol. The lowest BCUT2D eigenvalue weighted by Crippen LogP contribution is -2.29. The van der Waals surface area contributed by atoms with Crippen LogP contribution >= 0.6 is 0 Å². The van der Waals surface area contributed by atoms with Gasteiger partial charge in [0.05, 0.1) is 11.1 Å². The molecule has 2 rings (SSSR count). The zero-order valence-electron chi connectivity index (χ0n) is 12.0. The molecule has 1 saturated carbocycles. The molecule has 0 heterocycles. The molecular weight excluding hydrogens is 324 g/mol. The summed E-state index contributed by atoms with van der Waals surface area (Å²) in [6, 6.07) is 0.895. The van der Waals surface area contributed by atoms with Crippen LogP contribution in [0.25, 0.3) is 0 Å². The average molecular weight is 339 g/mol. The van der Waals surface area contributed by atoms with Crippen LogP contribution in [0.2, 0.25) is 0 Å². The minimum atomic E-state index is -4.96. The summed E-state index contributed by atoms with van der Waals surface area (Å²) in [7, 11) is 0. The Balaban J connectivity index is 2.23. The predicted molar refractivity (Wildman–Crippen MR) is 70.7 cm³/mol. The van der Waals surface area contributed by atoms with Gasteiger partial charge in [0.1, 0.15) is 0 Å². The summed E-state index contributed by atoms with van der Waals surface area (Å²) in [5, 5.41) is 2.42. The first-order valence-corrected chi connectivity index (χ1v) is 7.15. The molecule has 1 N–H and O–H groups in total. The number of rotatable bonds is 3. The fraction of sp³-hybridized carbons (Fsp3) is 0.533. The quantitative estimate of drug-likeness (QED) is 0.799. The number of halogens is 6. The van der Waals surface area contributed by atoms with Crippen LogP contribution in [0, 0.1) is 5.92 Å². The molecule has 0 spiro atoms. The molecule has 1 aliphatic carbocycles. The molecule has 1 aromatic rings. The Kier molecular flexibility index (Phi) is 4.91. The molecule has 0 aliphatic heterocycles. The van der Waals surface area contributed by atoms with Gasteiger partial charge in [-0.05, 0) is 37.0 Å². The van der Waals surface area contributed by atoms with Crippen molar-refractivity contribution in [2.75, 3.05) is 6.54 Å². The Hall–Kier alpha value is -1.73. The summed E-state index contributed by atoms with van der Waals surface area (Å²) in [6.07, 6.45) is -6.08. The molecule has 1 fully saturated rings. The van der Waals surface area contributed by atoms with E-state index < -0.39 is 35.0 Å². The summed E-state index contributed by atoms with van der Waals surface area (Å²) in [5.74, 6) is -0.694. The van der Waals surface area contributed by atoms with Gasteiger partial charge in [-0.15, -0.1) is 0 Å². The van der Waals surface area contributed by atoms with Crippen molar-refractivity contribution in [3.8, 4) is 0 Å². The summed E-state index contributed by atoms with van der Waals surface area (Å²) >= 11 is 0. The van der Waals surface area contributed by atoms with Gasteiger partial charge in [-0.2, -0.15) is 26.3 Å². The van der Waals surface area contributed by atoms with Gasteiger partial charge in [0.25, 0.3) is 5.91 Å². The van der Waals surface area contributed by atoms with Crippen molar-refractivity contribution in [2.45, 2.75) is 38.0 Å². The number of carbonyl (C=O) groups is 1. The molecule has 128 valence electrons. The summed E-state index contributed by atoms with van der Waals surface area (Å²) in [6.45, 7) is 0.260. The highest BCUT2D eigenvalue weighted by Crippen LogP contribution is 2.36. The van der Waals surface area contributed by atoms with Crippen molar-refractivity contribution in [3.63, 3.8) is 0 Å². The van der Waals surface area contributed by atoms with E-state index in [0.29, 0.717) is 12.1 Å². The third kappa shape index (κ3) is 4.62. The lowest BCUT2D eigenvalue weighted by molar-refractivity contribution is -0.143. The summed E-state index contributed by atoms with van der Waals surface area (Å²) in [4.78, 5) is 11.9. The van der Waals surface area contributed by atoms with E-state index in [1.54, 1.807) is 0 Å². The summed E-state index contributed by atoms with van der Waals surface area (Å²) < 4.78 is 76.4. The first-order chi connectivity index (χ1) is 10.6. The van der Waals surface area contributed by atoms with Crippen molar-refractivity contribution in [1.29, 1.82) is 0 Å². The fourth-order valence-corrected chi connectivity index (χ4v) is 2.64. The molecule has 2 nitrogen and oxygen atoms in total. The second-order valence-corrected chi connectivity index (χ2v) is 5.66. The first kappa shape index (κ1) is 17.6. The van der Waals surface area contributed by atoms with Crippen LogP contribution < -0.4 is 5.32 Å². The molecule has 1 amide bonds. The highest BCUT2D eigenvalue weighted by molar-refractivity contribution is 5.94. The zero-order chi connectivity index (χ0) is 17.3. The predicted octanol–water partition coefficient (Wildman–Crippen LogP) is 4.64. The van der Waals surface area contributed by atoms with E-state index in [2.05, 4.69) is 5.32 Å². The standard InChI is InChI=1S/C15H15F6NO/c16-14(17,18)11-5-10(6-12(7-11)15(19,20)21)13(23)22-8-9-3-1-2-4-9/h5-7,9H,1-4,8H2,(H,22,23). The van der Waals surface area contributed by atoms with Gasteiger partial charge in [0.15, 0.2) is 0 Å². The molecule has 8 heteroatoms. The Morgan fingerprint density at radius 3 is 1.87 bits per heavy atom. The minimum absolute atomic E-state index is 0.00769. The molecule has 23 heavy (non-hydrogen) atoms. The first-order valence-electron chi connectivity index (χ1n) is 7.15. The molecule has 1 aromatic carbocycles. The smallest absolute Gasteiger partial charge is 0.352 e. The van der Waals surface area contributed by atoms with E-state index in [1.807, 2.05) is 0 Å². The van der Waals surface area contributed by atoms with Gasteiger partial charge in [-0.3, -0.25) is 4.79 Å². The van der Waals surface area contributed by atoms with Crippen LogP contribution in [0.5, 0.6) is 0 Å². The fourth-order valence-electron chi connectivity index (χ4n) is 2.64. The lowest BCUT2D eigenvalue weighted by atomic mass is 10.0. The highest BCUT2D eigenvalue weighted by atomic mass is 19.4. The second kappa shape index (κ2) is 6.41. The van der Waals surface area contributed by atoms with Gasteiger partial charge in [-0.1, -0.05) is 12.8 Å². The molecule has 0 atom stereocenters. The SMILES string of the molecule is O=C(NCC1CCCC1)c1cc(C(F)(F)F)cc(C(F)(F)F)c1. The largest absolute Gasteiger partial charge is 0.416 e. The van der Waals surface area contributed by atoms with Crippen molar-refractivity contribution in [2.24, 2.45) is 5.92 Å². The molecule has 0 radical (unpaired) electrons. The van der Waals surface area contributed by atoms with E-state index in [9.17, 15) is 31.1 Å². The van der Waals surface area contributed by atoms with E-state index in [0.717, 1.165) is 25.7 Å². The molecule has 0 unspecified atom stereocenters. The molecule has 1 aliphatic rings. The number of amides is 1. The van der Waals surface area contributed by atoms with E-state index in [-0.39, 0.29) is 18.5 Å². The summed E-state index contributed by atoms with van der Waals surface area (Å²) in [5.41, 5.74) is -3.61. The molecule has 0 saturated heterocycles. The van der Waals surface area contributed by atoms with Crippen LogP contribution in [0.4, 0.5) is 26.3 Å². The van der Waals surface area contributed by atoms with Gasteiger partial charge in [0.2, 0.25) is 0 Å². The Bertz CT molecular complexity index is 540.